The average Bonchev–Trinajstić information content (AvgIpc) is 3.46. The zero-order valence-corrected chi connectivity index (χ0v) is 24.6. The van der Waals surface area contributed by atoms with Gasteiger partial charge in [0.1, 0.15) is 12.4 Å². The van der Waals surface area contributed by atoms with Crippen molar-refractivity contribution >= 4 is 23.6 Å². The van der Waals surface area contributed by atoms with Crippen LogP contribution in [0.1, 0.15) is 54.2 Å². The molecule has 2 unspecified atom stereocenters. The van der Waals surface area contributed by atoms with Gasteiger partial charge in [0.15, 0.2) is 11.1 Å². The van der Waals surface area contributed by atoms with E-state index < -0.39 is 60.6 Å². The largest absolute Gasteiger partial charge is 0.468 e. The van der Waals surface area contributed by atoms with Gasteiger partial charge in [0.2, 0.25) is 5.91 Å². The minimum absolute atomic E-state index is 0.0391. The molecule has 236 valence electrons. The van der Waals surface area contributed by atoms with Crippen LogP contribution in [-0.4, -0.2) is 52.1 Å². The van der Waals surface area contributed by atoms with Crippen LogP contribution in [0.25, 0.3) is 5.65 Å². The number of alkyl carbamates (subject to hydrolysis) is 1. The molecule has 10 nitrogen and oxygen atoms in total. The highest BCUT2D eigenvalue weighted by atomic mass is 19.3. The van der Waals surface area contributed by atoms with Crippen LogP contribution in [0.2, 0.25) is 0 Å². The van der Waals surface area contributed by atoms with Gasteiger partial charge in [-0.3, -0.25) is 9.59 Å². The smallest absolute Gasteiger partial charge is 0.408 e. The average molecular weight is 624 g/mol. The molecule has 0 saturated carbocycles. The van der Waals surface area contributed by atoms with Crippen LogP contribution < -0.4 is 10.6 Å². The molecule has 2 aromatic carbocycles. The SMILES string of the molecule is CC[C@@H](c1ccc(F)cc1)C(NC(=O)OCc1ccccc1)c1cn2nc(CC3(C(=O)OC)CC(F)(F)CNC3=O)ccc2n1. The van der Waals surface area contributed by atoms with Crippen LogP contribution in [0.15, 0.2) is 72.9 Å². The second-order valence-corrected chi connectivity index (χ2v) is 11.0. The van der Waals surface area contributed by atoms with E-state index in [9.17, 15) is 27.6 Å². The molecule has 5 rings (SSSR count). The summed E-state index contributed by atoms with van der Waals surface area (Å²) in [5.41, 5.74) is 0.302. The van der Waals surface area contributed by atoms with Crippen LogP contribution in [0, 0.1) is 11.2 Å². The monoisotopic (exact) mass is 623 g/mol. The summed E-state index contributed by atoms with van der Waals surface area (Å²) in [5, 5.41) is 9.48. The molecule has 2 amide bonds. The van der Waals surface area contributed by atoms with Gasteiger partial charge >= 0.3 is 12.1 Å². The van der Waals surface area contributed by atoms with E-state index in [2.05, 4.69) is 20.7 Å². The number of methoxy groups -OCH3 is 1. The van der Waals surface area contributed by atoms with E-state index >= 15 is 0 Å². The second kappa shape index (κ2) is 13.0. The van der Waals surface area contributed by atoms with Gasteiger partial charge in [0, 0.05) is 18.8 Å². The van der Waals surface area contributed by atoms with Gasteiger partial charge in [-0.05, 0) is 41.8 Å². The van der Waals surface area contributed by atoms with Crippen molar-refractivity contribution in [1.82, 2.24) is 25.2 Å². The fraction of sp³-hybridized carbons (Fsp3) is 0.344. The number of piperidine rings is 1. The molecule has 0 spiro atoms. The van der Waals surface area contributed by atoms with Gasteiger partial charge in [0.25, 0.3) is 5.92 Å². The molecule has 3 heterocycles. The fourth-order valence-electron chi connectivity index (χ4n) is 5.68. The van der Waals surface area contributed by atoms with Crippen molar-refractivity contribution in [2.75, 3.05) is 13.7 Å². The number of benzene rings is 2. The van der Waals surface area contributed by atoms with Gasteiger partial charge in [0.05, 0.1) is 37.3 Å². The molecular formula is C32H32F3N5O5. The predicted molar refractivity (Wildman–Crippen MR) is 156 cm³/mol. The maximum atomic E-state index is 14.4. The van der Waals surface area contributed by atoms with E-state index in [4.69, 9.17) is 9.47 Å². The number of aromatic nitrogens is 3. The lowest BCUT2D eigenvalue weighted by Gasteiger charge is -2.37. The Balaban J connectivity index is 1.47. The number of halogens is 3. The summed E-state index contributed by atoms with van der Waals surface area (Å²) in [7, 11) is 1.03. The number of rotatable bonds is 10. The van der Waals surface area contributed by atoms with Gasteiger partial charge in [-0.25, -0.2) is 27.5 Å². The highest BCUT2D eigenvalue weighted by Crippen LogP contribution is 2.40. The molecular weight excluding hydrogens is 591 g/mol. The number of hydrogen-bond acceptors (Lipinski definition) is 7. The van der Waals surface area contributed by atoms with Crippen molar-refractivity contribution in [3.05, 3.63) is 101 Å². The fourth-order valence-corrected chi connectivity index (χ4v) is 5.68. The lowest BCUT2D eigenvalue weighted by molar-refractivity contribution is -0.172. The van der Waals surface area contributed by atoms with Crippen molar-refractivity contribution in [2.45, 2.75) is 50.7 Å². The summed E-state index contributed by atoms with van der Waals surface area (Å²) in [5.74, 6) is -6.03. The predicted octanol–water partition coefficient (Wildman–Crippen LogP) is 4.89. The summed E-state index contributed by atoms with van der Waals surface area (Å²) < 4.78 is 54.2. The number of alkyl halides is 2. The second-order valence-electron chi connectivity index (χ2n) is 11.0. The van der Waals surface area contributed by atoms with Gasteiger partial charge < -0.3 is 20.1 Å². The van der Waals surface area contributed by atoms with E-state index in [0.717, 1.165) is 18.2 Å². The van der Waals surface area contributed by atoms with Crippen LogP contribution in [0.4, 0.5) is 18.0 Å². The van der Waals surface area contributed by atoms with E-state index in [-0.39, 0.29) is 18.2 Å². The molecule has 0 bridgehead atoms. The molecule has 0 radical (unpaired) electrons. The first kappa shape index (κ1) is 31.5. The van der Waals surface area contributed by atoms with Crippen molar-refractivity contribution in [2.24, 2.45) is 5.41 Å². The Morgan fingerprint density at radius 2 is 1.82 bits per heavy atom. The lowest BCUT2D eigenvalue weighted by atomic mass is 9.74. The summed E-state index contributed by atoms with van der Waals surface area (Å²) in [4.78, 5) is 43.2. The summed E-state index contributed by atoms with van der Waals surface area (Å²) in [6.07, 6.45) is -0.0642. The minimum atomic E-state index is -3.32. The van der Waals surface area contributed by atoms with E-state index in [1.165, 1.54) is 22.7 Å². The van der Waals surface area contributed by atoms with Gasteiger partial charge in [-0.2, -0.15) is 5.10 Å². The summed E-state index contributed by atoms with van der Waals surface area (Å²) in [6.45, 7) is 1.08. The van der Waals surface area contributed by atoms with Gasteiger partial charge in [-0.15, -0.1) is 0 Å². The Bertz CT molecular complexity index is 1670. The normalized spacial score (nSPS) is 18.9. The van der Waals surface area contributed by atoms with Crippen LogP contribution in [0.5, 0.6) is 0 Å². The van der Waals surface area contributed by atoms with Gasteiger partial charge in [-0.1, -0.05) is 49.4 Å². The third-order valence-corrected chi connectivity index (χ3v) is 7.90. The number of carbonyl (C=O) groups is 3. The number of carbonyl (C=O) groups excluding carboxylic acids is 3. The Labute approximate surface area is 256 Å². The molecule has 4 aromatic rings. The topological polar surface area (TPSA) is 124 Å². The maximum absolute atomic E-state index is 14.4. The molecule has 1 fully saturated rings. The molecule has 2 N–H and O–H groups in total. The van der Waals surface area contributed by atoms with Crippen molar-refractivity contribution in [3.63, 3.8) is 0 Å². The number of esters is 1. The number of nitrogens with zero attached hydrogens (tertiary/aromatic N) is 3. The molecule has 1 aliphatic rings. The lowest BCUT2D eigenvalue weighted by Crippen LogP contribution is -2.59. The number of amides is 2. The summed E-state index contributed by atoms with van der Waals surface area (Å²) in [6, 6.07) is 17.4. The molecule has 1 saturated heterocycles. The maximum Gasteiger partial charge on any atom is 0.408 e. The molecule has 13 heteroatoms. The zero-order chi connectivity index (χ0) is 32.2. The third kappa shape index (κ3) is 6.92. The number of nitrogens with one attached hydrogen (secondary N) is 2. The van der Waals surface area contributed by atoms with Crippen LogP contribution >= 0.6 is 0 Å². The van der Waals surface area contributed by atoms with Crippen LogP contribution in [0.3, 0.4) is 0 Å². The quantitative estimate of drug-likeness (QED) is 0.191. The third-order valence-electron chi connectivity index (χ3n) is 7.90. The van der Waals surface area contributed by atoms with Crippen LogP contribution in [-0.2, 0) is 32.1 Å². The minimum Gasteiger partial charge on any atom is -0.468 e. The Hall–Kier alpha value is -4.94. The Morgan fingerprint density at radius 3 is 2.51 bits per heavy atom. The molecule has 0 aliphatic carbocycles. The highest BCUT2D eigenvalue weighted by Gasteiger charge is 2.57. The number of fused-ring (bicyclic) bond motifs is 1. The highest BCUT2D eigenvalue weighted by molar-refractivity contribution is 6.03. The van der Waals surface area contributed by atoms with E-state index in [0.29, 0.717) is 17.8 Å². The molecule has 3 atom stereocenters. The number of hydrogen-bond donors (Lipinski definition) is 2. The van der Waals surface area contributed by atoms with Crippen molar-refractivity contribution in [1.29, 1.82) is 0 Å². The Morgan fingerprint density at radius 1 is 1.09 bits per heavy atom. The van der Waals surface area contributed by atoms with E-state index in [1.54, 1.807) is 24.4 Å². The molecule has 2 aromatic heterocycles. The van der Waals surface area contributed by atoms with E-state index in [1.807, 2.05) is 37.3 Å². The number of ether oxygens (including phenoxy) is 2. The van der Waals surface area contributed by atoms with Crippen molar-refractivity contribution in [3.8, 4) is 0 Å². The standard InChI is InChI=1S/C32H32F3N5O5/c1-3-24(21-9-11-22(33)12-10-21)27(38-30(43)45-17-20-7-5-4-6-8-20)25-16-40-26(37-25)14-13-23(39-40)15-31(29(42)44-2)18-32(34,35)19-36-28(31)41/h4-14,16,24,27H,3,15,17-19H2,1-2H3,(H,36,41)(H,38,43)/t24-,27?,31?/m0/s1. The molecule has 45 heavy (non-hydrogen) atoms. The molecule has 1 aliphatic heterocycles. The first-order valence-corrected chi connectivity index (χ1v) is 14.4. The van der Waals surface area contributed by atoms with Crippen molar-refractivity contribution < 1.29 is 37.0 Å². The Kier molecular flexibility index (Phi) is 9.07. The number of imidazole rings is 1. The summed E-state index contributed by atoms with van der Waals surface area (Å²) >= 11 is 0. The first-order valence-electron chi connectivity index (χ1n) is 14.4. The zero-order valence-electron chi connectivity index (χ0n) is 24.6. The first-order chi connectivity index (χ1) is 21.5.